The molecule has 1 N–H and O–H groups in total. The summed E-state index contributed by atoms with van der Waals surface area (Å²) < 4.78 is 15.5. The number of amides is 2. The van der Waals surface area contributed by atoms with Gasteiger partial charge < -0.3 is 19.3 Å². The monoisotopic (exact) mass is 355 g/mol. The van der Waals surface area contributed by atoms with E-state index in [1.54, 1.807) is 36.4 Å². The van der Waals surface area contributed by atoms with E-state index < -0.39 is 17.6 Å². The highest BCUT2D eigenvalue weighted by atomic mass is 16.5. The van der Waals surface area contributed by atoms with Crippen LogP contribution in [0.3, 0.4) is 0 Å². The number of imide groups is 1. The Morgan fingerprint density at radius 1 is 0.808 bits per heavy atom. The Bertz CT molecular complexity index is 901. The molecule has 0 aliphatic carbocycles. The second-order valence-corrected chi connectivity index (χ2v) is 5.44. The van der Waals surface area contributed by atoms with Crippen LogP contribution in [0.5, 0.6) is 17.2 Å². The van der Waals surface area contributed by atoms with E-state index in [-0.39, 0.29) is 11.3 Å². The van der Waals surface area contributed by atoms with Gasteiger partial charge in [-0.05, 0) is 29.8 Å². The average molecular weight is 355 g/mol. The summed E-state index contributed by atoms with van der Waals surface area (Å²) in [5.41, 5.74) is 0.519. The summed E-state index contributed by atoms with van der Waals surface area (Å²) in [4.78, 5) is 26.3. The molecule has 2 aromatic rings. The van der Waals surface area contributed by atoms with Crippen molar-refractivity contribution in [3.05, 3.63) is 53.8 Å². The smallest absolute Gasteiger partial charge is 0.301 e. The molecular weight excluding hydrogens is 338 g/mol. The molecule has 1 aliphatic heterocycles. The van der Waals surface area contributed by atoms with Crippen molar-refractivity contribution in [2.75, 3.05) is 26.2 Å². The lowest BCUT2D eigenvalue weighted by Gasteiger charge is -2.18. The molecule has 1 heterocycles. The Kier molecular flexibility index (Phi) is 4.53. The van der Waals surface area contributed by atoms with Crippen molar-refractivity contribution in [3.8, 4) is 17.2 Å². The summed E-state index contributed by atoms with van der Waals surface area (Å²) in [7, 11) is 4.42. The second-order valence-electron chi connectivity index (χ2n) is 5.44. The van der Waals surface area contributed by atoms with Crippen molar-refractivity contribution in [1.29, 1.82) is 0 Å². The predicted octanol–water partition coefficient (Wildman–Crippen LogP) is 2.55. The zero-order chi connectivity index (χ0) is 18.8. The normalized spacial score (nSPS) is 14.0. The first-order valence-electron chi connectivity index (χ1n) is 7.70. The number of anilines is 1. The fraction of sp³-hybridized carbons (Fsp3) is 0.158. The highest BCUT2D eigenvalue weighted by molar-refractivity contribution is 6.45. The molecule has 1 aliphatic rings. The summed E-state index contributed by atoms with van der Waals surface area (Å²) in [5, 5.41) is 10.3. The summed E-state index contributed by atoms with van der Waals surface area (Å²) in [6.45, 7) is 0. The van der Waals surface area contributed by atoms with E-state index in [0.29, 0.717) is 22.8 Å². The Labute approximate surface area is 150 Å². The van der Waals surface area contributed by atoms with Crippen LogP contribution in [0.1, 0.15) is 5.56 Å². The molecule has 0 aromatic heterocycles. The van der Waals surface area contributed by atoms with Crippen molar-refractivity contribution in [1.82, 2.24) is 0 Å². The highest BCUT2D eigenvalue weighted by Gasteiger charge is 2.41. The summed E-state index contributed by atoms with van der Waals surface area (Å²) >= 11 is 0. The van der Waals surface area contributed by atoms with Gasteiger partial charge in [0.2, 0.25) is 0 Å². The lowest BCUT2D eigenvalue weighted by molar-refractivity contribution is -0.121. The Hall–Kier alpha value is -3.48. The molecule has 0 spiro atoms. The number of rotatable bonds is 5. The number of nitrogens with zero attached hydrogens (tertiary/aromatic N) is 1. The van der Waals surface area contributed by atoms with E-state index in [0.717, 1.165) is 4.90 Å². The van der Waals surface area contributed by atoms with Gasteiger partial charge in [0.15, 0.2) is 5.76 Å². The summed E-state index contributed by atoms with van der Waals surface area (Å²) in [5.74, 6) is -0.756. The van der Waals surface area contributed by atoms with Crippen LogP contribution >= 0.6 is 0 Å². The van der Waals surface area contributed by atoms with E-state index in [4.69, 9.17) is 14.2 Å². The largest absolute Gasteiger partial charge is 0.502 e. The van der Waals surface area contributed by atoms with Crippen LogP contribution in [-0.4, -0.2) is 38.3 Å². The third-order valence-electron chi connectivity index (χ3n) is 4.07. The summed E-state index contributed by atoms with van der Waals surface area (Å²) in [6.07, 6.45) is 0. The number of hydrogen-bond acceptors (Lipinski definition) is 6. The van der Waals surface area contributed by atoms with Crippen LogP contribution in [0.25, 0.3) is 5.57 Å². The number of methoxy groups -OCH3 is 3. The van der Waals surface area contributed by atoms with Crippen LogP contribution < -0.4 is 19.1 Å². The number of hydrogen-bond donors (Lipinski definition) is 1. The van der Waals surface area contributed by atoms with Gasteiger partial charge in [-0.2, -0.15) is 0 Å². The third-order valence-corrected chi connectivity index (χ3v) is 4.07. The van der Waals surface area contributed by atoms with Gasteiger partial charge in [-0.15, -0.1) is 0 Å². The number of carbonyl (C=O) groups is 2. The Morgan fingerprint density at radius 2 is 1.42 bits per heavy atom. The maximum atomic E-state index is 12.9. The first-order valence-corrected chi connectivity index (χ1v) is 7.70. The number of ether oxygens (including phenoxy) is 3. The predicted molar refractivity (Wildman–Crippen MR) is 94.6 cm³/mol. The van der Waals surface area contributed by atoms with Crippen molar-refractivity contribution in [2.24, 2.45) is 0 Å². The van der Waals surface area contributed by atoms with Crippen LogP contribution in [0, 0.1) is 0 Å². The van der Waals surface area contributed by atoms with Gasteiger partial charge in [0.05, 0.1) is 32.6 Å². The molecule has 26 heavy (non-hydrogen) atoms. The standard InChI is InChI=1S/C19H17NO6/c1-24-12-6-4-11(5-7-12)16-17(21)19(23)20(18(16)22)14-10-13(25-2)8-9-15(14)26-3/h4-10,21H,1-3H3. The van der Waals surface area contributed by atoms with Gasteiger partial charge in [0.1, 0.15) is 17.2 Å². The van der Waals surface area contributed by atoms with Crippen LogP contribution in [0.2, 0.25) is 0 Å². The minimum Gasteiger partial charge on any atom is -0.502 e. The van der Waals surface area contributed by atoms with Gasteiger partial charge in [0.25, 0.3) is 5.91 Å². The van der Waals surface area contributed by atoms with Crippen molar-refractivity contribution in [3.63, 3.8) is 0 Å². The first kappa shape index (κ1) is 17.3. The maximum Gasteiger partial charge on any atom is 0.301 e. The second kappa shape index (κ2) is 6.79. The minimum absolute atomic E-state index is 0.0810. The molecule has 7 heteroatoms. The average Bonchev–Trinajstić information content (AvgIpc) is 2.90. The first-order chi connectivity index (χ1) is 12.5. The van der Waals surface area contributed by atoms with Crippen LogP contribution in [0.15, 0.2) is 48.2 Å². The lowest BCUT2D eigenvalue weighted by atomic mass is 10.1. The molecule has 0 saturated carbocycles. The summed E-state index contributed by atoms with van der Waals surface area (Å²) in [6, 6.07) is 11.2. The Balaban J connectivity index is 2.06. The van der Waals surface area contributed by atoms with Gasteiger partial charge >= 0.3 is 5.91 Å². The number of carbonyl (C=O) groups excluding carboxylic acids is 2. The third kappa shape index (κ3) is 2.73. The van der Waals surface area contributed by atoms with Crippen LogP contribution in [0.4, 0.5) is 5.69 Å². The Morgan fingerprint density at radius 3 is 2.00 bits per heavy atom. The van der Waals surface area contributed by atoms with Gasteiger partial charge in [-0.25, -0.2) is 4.90 Å². The molecule has 0 fully saturated rings. The van der Waals surface area contributed by atoms with Crippen molar-refractivity contribution >= 4 is 23.1 Å². The highest BCUT2D eigenvalue weighted by Crippen LogP contribution is 2.38. The van der Waals surface area contributed by atoms with Crippen molar-refractivity contribution in [2.45, 2.75) is 0 Å². The van der Waals surface area contributed by atoms with Gasteiger partial charge in [0, 0.05) is 6.07 Å². The molecule has 0 unspecified atom stereocenters. The zero-order valence-corrected chi connectivity index (χ0v) is 14.5. The molecule has 7 nitrogen and oxygen atoms in total. The molecule has 0 saturated heterocycles. The van der Waals surface area contributed by atoms with E-state index >= 15 is 0 Å². The van der Waals surface area contributed by atoms with Gasteiger partial charge in [-0.3, -0.25) is 9.59 Å². The quantitative estimate of drug-likeness (QED) is 0.830. The van der Waals surface area contributed by atoms with E-state index in [9.17, 15) is 14.7 Å². The fourth-order valence-electron chi connectivity index (χ4n) is 2.73. The lowest BCUT2D eigenvalue weighted by Crippen LogP contribution is -2.31. The number of aliphatic hydroxyl groups excluding tert-OH is 1. The molecule has 0 radical (unpaired) electrons. The molecule has 0 bridgehead atoms. The topological polar surface area (TPSA) is 85.3 Å². The van der Waals surface area contributed by atoms with Gasteiger partial charge in [-0.1, -0.05) is 12.1 Å². The van der Waals surface area contributed by atoms with Crippen LogP contribution in [-0.2, 0) is 9.59 Å². The molecule has 134 valence electrons. The zero-order valence-electron chi connectivity index (χ0n) is 14.5. The molecule has 0 atom stereocenters. The molecule has 3 rings (SSSR count). The maximum absolute atomic E-state index is 12.9. The molecule has 2 aromatic carbocycles. The van der Waals surface area contributed by atoms with E-state index in [2.05, 4.69) is 0 Å². The molecule has 2 amide bonds. The van der Waals surface area contributed by atoms with E-state index in [1.807, 2.05) is 0 Å². The molecular formula is C19H17NO6. The number of aliphatic hydroxyl groups is 1. The minimum atomic E-state index is -0.827. The van der Waals surface area contributed by atoms with E-state index in [1.165, 1.54) is 27.4 Å². The fourth-order valence-corrected chi connectivity index (χ4v) is 2.73. The van der Waals surface area contributed by atoms with Crippen molar-refractivity contribution < 1.29 is 28.9 Å². The number of benzene rings is 2. The SMILES string of the molecule is COc1ccc(C2=C(O)C(=O)N(c3cc(OC)ccc3OC)C2=O)cc1.